The van der Waals surface area contributed by atoms with Gasteiger partial charge in [0.05, 0.1) is 11.1 Å². The van der Waals surface area contributed by atoms with Crippen LogP contribution in [0.3, 0.4) is 0 Å². The standard InChI is InChI=1S/C9H20N2O2/c1-8(2,3)13-11-7(12)9(4,5)10-6/h10H,1-6H3,(H,11,12). The lowest BCUT2D eigenvalue weighted by Gasteiger charge is -2.26. The van der Waals surface area contributed by atoms with Gasteiger partial charge in [-0.05, 0) is 41.7 Å². The first-order valence-corrected chi connectivity index (χ1v) is 4.36. The number of carbonyl (C=O) groups excluding carboxylic acids is 1. The highest BCUT2D eigenvalue weighted by molar-refractivity contribution is 5.84. The third-order valence-corrected chi connectivity index (χ3v) is 1.64. The summed E-state index contributed by atoms with van der Waals surface area (Å²) in [5.74, 6) is -0.176. The number of hydroxylamine groups is 1. The van der Waals surface area contributed by atoms with Crippen molar-refractivity contribution in [1.29, 1.82) is 0 Å². The molecule has 2 N–H and O–H groups in total. The lowest BCUT2D eigenvalue weighted by atomic mass is 10.1. The molecule has 0 bridgehead atoms. The minimum atomic E-state index is -0.606. The normalized spacial score (nSPS) is 12.8. The summed E-state index contributed by atoms with van der Waals surface area (Å²) in [6.45, 7) is 9.20. The third kappa shape index (κ3) is 4.85. The Morgan fingerprint density at radius 3 is 1.92 bits per heavy atom. The molecular weight excluding hydrogens is 168 g/mol. The highest BCUT2D eigenvalue weighted by Gasteiger charge is 2.26. The molecule has 0 saturated heterocycles. The molecule has 0 aromatic rings. The van der Waals surface area contributed by atoms with E-state index in [0.717, 1.165) is 0 Å². The summed E-state index contributed by atoms with van der Waals surface area (Å²) in [6, 6.07) is 0. The molecular formula is C9H20N2O2. The summed E-state index contributed by atoms with van der Waals surface area (Å²) in [7, 11) is 1.73. The number of hydrogen-bond acceptors (Lipinski definition) is 3. The number of amides is 1. The van der Waals surface area contributed by atoms with Crippen molar-refractivity contribution in [3.63, 3.8) is 0 Å². The van der Waals surface area contributed by atoms with E-state index in [0.29, 0.717) is 0 Å². The average Bonchev–Trinajstić information content (AvgIpc) is 1.98. The van der Waals surface area contributed by atoms with E-state index in [9.17, 15) is 4.79 Å². The molecule has 0 spiro atoms. The van der Waals surface area contributed by atoms with Gasteiger partial charge in [-0.25, -0.2) is 5.48 Å². The van der Waals surface area contributed by atoms with Crippen LogP contribution < -0.4 is 10.8 Å². The van der Waals surface area contributed by atoms with Crippen molar-refractivity contribution in [2.24, 2.45) is 0 Å². The molecule has 0 aromatic carbocycles. The van der Waals surface area contributed by atoms with E-state index in [2.05, 4.69) is 10.8 Å². The summed E-state index contributed by atoms with van der Waals surface area (Å²) < 4.78 is 0. The number of likely N-dealkylation sites (N-methyl/N-ethyl adjacent to an activating group) is 1. The van der Waals surface area contributed by atoms with Gasteiger partial charge in [-0.2, -0.15) is 0 Å². The van der Waals surface area contributed by atoms with Crippen LogP contribution in [-0.4, -0.2) is 24.1 Å². The van der Waals surface area contributed by atoms with Crippen LogP contribution in [0, 0.1) is 0 Å². The van der Waals surface area contributed by atoms with Gasteiger partial charge < -0.3 is 5.32 Å². The van der Waals surface area contributed by atoms with Crippen LogP contribution in [0.15, 0.2) is 0 Å². The first-order chi connectivity index (χ1) is 5.69. The Bertz CT molecular complexity index is 183. The molecule has 0 fully saturated rings. The van der Waals surface area contributed by atoms with Crippen LogP contribution in [-0.2, 0) is 9.63 Å². The molecule has 13 heavy (non-hydrogen) atoms. The SMILES string of the molecule is CNC(C)(C)C(=O)NOC(C)(C)C. The van der Waals surface area contributed by atoms with E-state index in [1.54, 1.807) is 20.9 Å². The molecule has 0 saturated carbocycles. The van der Waals surface area contributed by atoms with Gasteiger partial charge in [-0.3, -0.25) is 9.63 Å². The summed E-state index contributed by atoms with van der Waals surface area (Å²) in [6.07, 6.45) is 0. The Morgan fingerprint density at radius 1 is 1.15 bits per heavy atom. The Hall–Kier alpha value is -0.610. The third-order valence-electron chi connectivity index (χ3n) is 1.64. The van der Waals surface area contributed by atoms with Crippen LogP contribution in [0.2, 0.25) is 0 Å². The van der Waals surface area contributed by atoms with Crippen molar-refractivity contribution in [1.82, 2.24) is 10.8 Å². The molecule has 0 aliphatic heterocycles. The molecule has 78 valence electrons. The predicted molar refractivity (Wildman–Crippen MR) is 52.1 cm³/mol. The van der Waals surface area contributed by atoms with E-state index in [1.807, 2.05) is 20.8 Å². The van der Waals surface area contributed by atoms with E-state index in [1.165, 1.54) is 0 Å². The maximum atomic E-state index is 11.4. The molecule has 0 rings (SSSR count). The molecule has 0 unspecified atom stereocenters. The van der Waals surface area contributed by atoms with Gasteiger partial charge in [0.2, 0.25) is 0 Å². The Balaban J connectivity index is 4.03. The lowest BCUT2D eigenvalue weighted by molar-refractivity contribution is -0.150. The largest absolute Gasteiger partial charge is 0.307 e. The van der Waals surface area contributed by atoms with Crippen molar-refractivity contribution < 1.29 is 9.63 Å². The topological polar surface area (TPSA) is 50.4 Å². The highest BCUT2D eigenvalue weighted by atomic mass is 16.7. The summed E-state index contributed by atoms with van der Waals surface area (Å²) in [5, 5.41) is 2.89. The van der Waals surface area contributed by atoms with Gasteiger partial charge >= 0.3 is 0 Å². The number of rotatable bonds is 3. The second kappa shape index (κ2) is 4.07. The van der Waals surface area contributed by atoms with E-state index >= 15 is 0 Å². The van der Waals surface area contributed by atoms with Crippen molar-refractivity contribution >= 4 is 5.91 Å². The van der Waals surface area contributed by atoms with E-state index < -0.39 is 5.54 Å². The number of carbonyl (C=O) groups is 1. The summed E-state index contributed by atoms with van der Waals surface area (Å²) in [5.41, 5.74) is 1.44. The second-order valence-corrected chi connectivity index (χ2v) is 4.52. The molecule has 0 atom stereocenters. The minimum absolute atomic E-state index is 0.176. The van der Waals surface area contributed by atoms with Gasteiger partial charge in [0, 0.05) is 0 Å². The zero-order chi connectivity index (χ0) is 10.7. The molecule has 4 nitrogen and oxygen atoms in total. The average molecular weight is 188 g/mol. The molecule has 0 aromatic heterocycles. The predicted octanol–water partition coefficient (Wildman–Crippen LogP) is 0.831. The second-order valence-electron chi connectivity index (χ2n) is 4.52. The van der Waals surface area contributed by atoms with E-state index in [-0.39, 0.29) is 11.5 Å². The summed E-state index contributed by atoms with van der Waals surface area (Å²) >= 11 is 0. The molecule has 0 aliphatic carbocycles. The van der Waals surface area contributed by atoms with Crippen molar-refractivity contribution in [2.45, 2.75) is 45.8 Å². The quantitative estimate of drug-likeness (QED) is 0.645. The van der Waals surface area contributed by atoms with Crippen LogP contribution in [0.1, 0.15) is 34.6 Å². The fourth-order valence-electron chi connectivity index (χ4n) is 0.441. The van der Waals surface area contributed by atoms with Crippen LogP contribution in [0.25, 0.3) is 0 Å². The zero-order valence-electron chi connectivity index (χ0n) is 9.32. The Kier molecular flexibility index (Phi) is 3.88. The van der Waals surface area contributed by atoms with Crippen molar-refractivity contribution in [3.05, 3.63) is 0 Å². The Morgan fingerprint density at radius 2 is 1.62 bits per heavy atom. The minimum Gasteiger partial charge on any atom is -0.307 e. The maximum Gasteiger partial charge on any atom is 0.263 e. The molecule has 0 radical (unpaired) electrons. The monoisotopic (exact) mass is 188 g/mol. The van der Waals surface area contributed by atoms with Gasteiger partial charge in [-0.1, -0.05) is 0 Å². The molecule has 1 amide bonds. The van der Waals surface area contributed by atoms with Crippen LogP contribution in [0.4, 0.5) is 0 Å². The van der Waals surface area contributed by atoms with Gasteiger partial charge in [0.15, 0.2) is 0 Å². The number of hydrogen-bond donors (Lipinski definition) is 2. The molecule has 4 heteroatoms. The first-order valence-electron chi connectivity index (χ1n) is 4.36. The summed E-state index contributed by atoms with van der Waals surface area (Å²) in [4.78, 5) is 16.6. The first kappa shape index (κ1) is 12.4. The van der Waals surface area contributed by atoms with Crippen LogP contribution >= 0.6 is 0 Å². The maximum absolute atomic E-state index is 11.4. The number of nitrogens with one attached hydrogen (secondary N) is 2. The van der Waals surface area contributed by atoms with Crippen molar-refractivity contribution in [3.8, 4) is 0 Å². The Labute approximate surface area is 80.0 Å². The van der Waals surface area contributed by atoms with Gasteiger partial charge in [0.25, 0.3) is 5.91 Å². The molecule has 0 heterocycles. The smallest absolute Gasteiger partial charge is 0.263 e. The fraction of sp³-hybridized carbons (Fsp3) is 0.889. The van der Waals surface area contributed by atoms with Gasteiger partial charge in [-0.15, -0.1) is 0 Å². The van der Waals surface area contributed by atoms with E-state index in [4.69, 9.17) is 4.84 Å². The highest BCUT2D eigenvalue weighted by Crippen LogP contribution is 2.06. The lowest BCUT2D eigenvalue weighted by Crippen LogP contribution is -2.52. The molecule has 0 aliphatic rings. The van der Waals surface area contributed by atoms with Gasteiger partial charge in [0.1, 0.15) is 0 Å². The van der Waals surface area contributed by atoms with Crippen molar-refractivity contribution in [2.75, 3.05) is 7.05 Å². The zero-order valence-corrected chi connectivity index (χ0v) is 9.32. The van der Waals surface area contributed by atoms with Crippen LogP contribution in [0.5, 0.6) is 0 Å². The fourth-order valence-corrected chi connectivity index (χ4v) is 0.441.